The van der Waals surface area contributed by atoms with E-state index in [4.69, 9.17) is 13.9 Å². The molecule has 5 nitrogen and oxygen atoms in total. The summed E-state index contributed by atoms with van der Waals surface area (Å²) in [4.78, 5) is 12.9. The third-order valence-electron chi connectivity index (χ3n) is 9.63. The quantitative estimate of drug-likeness (QED) is 0.554. The summed E-state index contributed by atoms with van der Waals surface area (Å²) in [6.07, 6.45) is 13.7. The van der Waals surface area contributed by atoms with Gasteiger partial charge in [-0.2, -0.15) is 0 Å². The van der Waals surface area contributed by atoms with E-state index in [-0.39, 0.29) is 29.0 Å². The summed E-state index contributed by atoms with van der Waals surface area (Å²) in [5.41, 5.74) is 0.398. The highest BCUT2D eigenvalue weighted by Gasteiger charge is 2.65. The van der Waals surface area contributed by atoms with Crippen molar-refractivity contribution in [3.8, 4) is 0 Å². The molecule has 3 aliphatic carbocycles. The van der Waals surface area contributed by atoms with Crippen molar-refractivity contribution >= 4 is 5.97 Å². The van der Waals surface area contributed by atoms with E-state index >= 15 is 0 Å². The van der Waals surface area contributed by atoms with Crippen molar-refractivity contribution < 1.29 is 18.7 Å². The molecule has 5 fully saturated rings. The molecule has 3 heterocycles. The summed E-state index contributed by atoms with van der Waals surface area (Å²) in [5, 5.41) is 3.83. The Balaban J connectivity index is 1.13. The van der Waals surface area contributed by atoms with Crippen LogP contribution in [0.2, 0.25) is 0 Å². The minimum Gasteiger partial charge on any atom is -0.469 e. The van der Waals surface area contributed by atoms with Gasteiger partial charge in [-0.25, -0.2) is 0 Å². The van der Waals surface area contributed by atoms with Gasteiger partial charge in [-0.1, -0.05) is 19.8 Å². The van der Waals surface area contributed by atoms with E-state index in [9.17, 15) is 4.79 Å². The van der Waals surface area contributed by atoms with Crippen LogP contribution in [-0.4, -0.2) is 36.9 Å². The number of rotatable bonds is 5. The minimum atomic E-state index is -0.00142. The van der Waals surface area contributed by atoms with Gasteiger partial charge >= 0.3 is 5.97 Å². The third-order valence-corrected chi connectivity index (χ3v) is 9.63. The van der Waals surface area contributed by atoms with Gasteiger partial charge in [-0.3, -0.25) is 4.79 Å². The van der Waals surface area contributed by atoms with Gasteiger partial charge in [0.05, 0.1) is 24.4 Å². The average molecular weight is 428 g/mol. The van der Waals surface area contributed by atoms with E-state index in [0.29, 0.717) is 23.8 Å². The molecule has 1 aromatic rings. The summed E-state index contributed by atoms with van der Waals surface area (Å²) < 4.78 is 17.7. The van der Waals surface area contributed by atoms with Crippen LogP contribution in [0.3, 0.4) is 0 Å². The fourth-order valence-corrected chi connectivity index (χ4v) is 7.88. The first kappa shape index (κ1) is 20.3. The number of esters is 1. The van der Waals surface area contributed by atoms with Crippen molar-refractivity contribution in [2.75, 3.05) is 13.2 Å². The molecule has 0 amide bonds. The number of carbonyl (C=O) groups excluding carboxylic acids is 1. The number of epoxide rings is 1. The van der Waals surface area contributed by atoms with Gasteiger partial charge in [0.1, 0.15) is 11.9 Å². The first-order valence-electron chi connectivity index (χ1n) is 12.7. The number of carbonyl (C=O) groups is 1. The van der Waals surface area contributed by atoms with Gasteiger partial charge in [-0.15, -0.1) is 0 Å². The SMILES string of the molecule is C[C@]12CCC[C@]3(CO3)[C@@H]1C[C@H]1[C@@H](C2)OC(=O)[C@@H]1CN[C@H]1CCCC[C@H]1Cc1ccco1. The monoisotopic (exact) mass is 427 g/mol. The average Bonchev–Trinajstić information content (AvgIpc) is 3.19. The Bertz CT molecular complexity index is 802. The second kappa shape index (κ2) is 7.62. The molecular weight excluding hydrogens is 390 g/mol. The first-order chi connectivity index (χ1) is 15.1. The molecular formula is C26H37NO4. The maximum absolute atomic E-state index is 12.9. The van der Waals surface area contributed by atoms with Crippen LogP contribution in [-0.2, 0) is 20.7 Å². The molecule has 5 heteroatoms. The molecule has 0 radical (unpaired) electrons. The van der Waals surface area contributed by atoms with Gasteiger partial charge < -0.3 is 19.2 Å². The Labute approximate surface area is 185 Å². The van der Waals surface area contributed by atoms with Gasteiger partial charge in [0.25, 0.3) is 0 Å². The first-order valence-corrected chi connectivity index (χ1v) is 12.7. The van der Waals surface area contributed by atoms with Gasteiger partial charge in [0.2, 0.25) is 0 Å². The number of fused-ring (bicyclic) bond motifs is 3. The van der Waals surface area contributed by atoms with E-state index in [1.54, 1.807) is 6.26 Å². The van der Waals surface area contributed by atoms with Crippen LogP contribution >= 0.6 is 0 Å². The van der Waals surface area contributed by atoms with Crippen molar-refractivity contribution in [3.05, 3.63) is 24.2 Å². The van der Waals surface area contributed by atoms with Crippen LogP contribution in [0.25, 0.3) is 0 Å². The molecule has 2 saturated heterocycles. The van der Waals surface area contributed by atoms with E-state index < -0.39 is 0 Å². The summed E-state index contributed by atoms with van der Waals surface area (Å²) in [7, 11) is 0. The molecule has 8 atom stereocenters. The normalized spacial score (nSPS) is 46.4. The summed E-state index contributed by atoms with van der Waals surface area (Å²) in [6, 6.07) is 4.53. The van der Waals surface area contributed by atoms with Crippen LogP contribution in [0.5, 0.6) is 0 Å². The molecule has 1 N–H and O–H groups in total. The molecule has 6 rings (SSSR count). The maximum Gasteiger partial charge on any atom is 0.310 e. The van der Waals surface area contributed by atoms with E-state index in [1.165, 1.54) is 44.9 Å². The Kier molecular flexibility index (Phi) is 4.99. The Hall–Kier alpha value is -1.33. The van der Waals surface area contributed by atoms with Crippen LogP contribution < -0.4 is 5.32 Å². The molecule has 5 aliphatic rings. The molecule has 3 saturated carbocycles. The van der Waals surface area contributed by atoms with Crippen LogP contribution in [0.1, 0.15) is 70.5 Å². The number of furan rings is 1. The highest BCUT2D eigenvalue weighted by molar-refractivity contribution is 5.75. The van der Waals surface area contributed by atoms with Crippen molar-refractivity contribution in [1.29, 1.82) is 0 Å². The smallest absolute Gasteiger partial charge is 0.310 e. The molecule has 170 valence electrons. The van der Waals surface area contributed by atoms with Crippen molar-refractivity contribution in [2.45, 2.75) is 88.9 Å². The highest BCUT2D eigenvalue weighted by Crippen LogP contribution is 2.62. The van der Waals surface area contributed by atoms with E-state index in [0.717, 1.165) is 38.2 Å². The molecule has 0 unspecified atom stereocenters. The predicted molar refractivity (Wildman–Crippen MR) is 116 cm³/mol. The topological polar surface area (TPSA) is 64.0 Å². The van der Waals surface area contributed by atoms with Crippen molar-refractivity contribution in [1.82, 2.24) is 5.32 Å². The Morgan fingerprint density at radius 2 is 2.06 bits per heavy atom. The largest absolute Gasteiger partial charge is 0.469 e. The number of nitrogens with one attached hydrogen (secondary N) is 1. The predicted octanol–water partition coefficient (Wildman–Crippen LogP) is 4.50. The van der Waals surface area contributed by atoms with Gasteiger partial charge in [-0.05, 0) is 74.3 Å². The molecule has 2 aliphatic heterocycles. The minimum absolute atomic E-state index is 0.00142. The zero-order chi connectivity index (χ0) is 21.1. The van der Waals surface area contributed by atoms with E-state index in [1.807, 2.05) is 6.07 Å². The zero-order valence-electron chi connectivity index (χ0n) is 18.8. The molecule has 0 bridgehead atoms. The second-order valence-electron chi connectivity index (χ2n) is 11.4. The summed E-state index contributed by atoms with van der Waals surface area (Å²) in [5.74, 6) is 2.65. The molecule has 31 heavy (non-hydrogen) atoms. The molecule has 1 aromatic heterocycles. The van der Waals surface area contributed by atoms with Crippen molar-refractivity contribution in [3.63, 3.8) is 0 Å². The Morgan fingerprint density at radius 1 is 1.19 bits per heavy atom. The standard InChI is InChI=1S/C26H37NO4/c1-25-9-5-10-26(16-30-26)23(25)13-19-20(24(28)31-22(19)14-25)15-27-21-8-3-2-6-17(21)12-18-7-4-11-29-18/h4,7,11,17,19-23,27H,2-3,5-6,8-10,12-16H2,1H3/t17-,19+,20+,21-,22+,23+,25+,26-/m0/s1. The Morgan fingerprint density at radius 3 is 2.87 bits per heavy atom. The fourth-order valence-electron chi connectivity index (χ4n) is 7.88. The van der Waals surface area contributed by atoms with Crippen LogP contribution in [0, 0.1) is 29.1 Å². The maximum atomic E-state index is 12.9. The fraction of sp³-hybridized carbons (Fsp3) is 0.808. The highest BCUT2D eigenvalue weighted by atomic mass is 16.6. The van der Waals surface area contributed by atoms with Crippen molar-refractivity contribution in [2.24, 2.45) is 29.1 Å². The third kappa shape index (κ3) is 3.56. The lowest BCUT2D eigenvalue weighted by atomic mass is 9.53. The van der Waals surface area contributed by atoms with Gasteiger partial charge in [0.15, 0.2) is 0 Å². The van der Waals surface area contributed by atoms with Crippen LogP contribution in [0.4, 0.5) is 0 Å². The lowest BCUT2D eigenvalue weighted by Crippen LogP contribution is -2.51. The number of hydrogen-bond acceptors (Lipinski definition) is 5. The summed E-state index contributed by atoms with van der Waals surface area (Å²) >= 11 is 0. The lowest BCUT2D eigenvalue weighted by Gasteiger charge is -2.51. The molecule has 0 aromatic carbocycles. The summed E-state index contributed by atoms with van der Waals surface area (Å²) in [6.45, 7) is 4.12. The molecule has 1 spiro atoms. The number of ether oxygens (including phenoxy) is 2. The number of hydrogen-bond donors (Lipinski definition) is 1. The van der Waals surface area contributed by atoms with Crippen LogP contribution in [0.15, 0.2) is 22.8 Å². The lowest BCUT2D eigenvalue weighted by molar-refractivity contribution is -0.147. The van der Waals surface area contributed by atoms with Gasteiger partial charge in [0, 0.05) is 24.9 Å². The van der Waals surface area contributed by atoms with E-state index in [2.05, 4.69) is 18.3 Å². The second-order valence-corrected chi connectivity index (χ2v) is 11.4. The zero-order valence-corrected chi connectivity index (χ0v) is 18.8.